The summed E-state index contributed by atoms with van der Waals surface area (Å²) in [5.41, 5.74) is 2.20. The molecule has 160 valence electrons. The largest absolute Gasteiger partial charge is 0.376 e. The molecular formula is C22H28ClN4O3+. The van der Waals surface area contributed by atoms with E-state index in [0.717, 1.165) is 12.2 Å². The number of quaternary nitrogens is 1. The number of halogens is 1. The third kappa shape index (κ3) is 5.93. The van der Waals surface area contributed by atoms with Crippen molar-refractivity contribution in [3.8, 4) is 0 Å². The smallest absolute Gasteiger partial charge is 0.271 e. The van der Waals surface area contributed by atoms with Crippen LogP contribution in [0.15, 0.2) is 42.5 Å². The maximum absolute atomic E-state index is 12.4. The zero-order chi connectivity index (χ0) is 21.5. The number of nitro benzene ring substituents is 1. The van der Waals surface area contributed by atoms with Crippen molar-refractivity contribution in [3.05, 3.63) is 63.2 Å². The summed E-state index contributed by atoms with van der Waals surface area (Å²) >= 11 is 6.06. The minimum Gasteiger partial charge on any atom is -0.376 e. The Morgan fingerprint density at radius 1 is 1.17 bits per heavy atom. The summed E-state index contributed by atoms with van der Waals surface area (Å²) in [6.07, 6.45) is 6.50. The van der Waals surface area contributed by atoms with Crippen LogP contribution < -0.4 is 15.5 Å². The Kier molecular flexibility index (Phi) is 7.65. The minimum atomic E-state index is -0.522. The van der Waals surface area contributed by atoms with E-state index in [9.17, 15) is 14.9 Å². The molecule has 0 aromatic heterocycles. The molecule has 0 aliphatic heterocycles. The molecule has 0 saturated heterocycles. The van der Waals surface area contributed by atoms with Gasteiger partial charge in [-0.25, -0.2) is 0 Å². The Labute approximate surface area is 181 Å². The van der Waals surface area contributed by atoms with E-state index in [1.165, 1.54) is 60.8 Å². The number of anilines is 2. The number of non-ortho nitro benzene ring substituents is 1. The lowest BCUT2D eigenvalue weighted by Gasteiger charge is -2.28. The summed E-state index contributed by atoms with van der Waals surface area (Å²) < 4.78 is 0. The van der Waals surface area contributed by atoms with Crippen LogP contribution in [0.4, 0.5) is 17.1 Å². The SMILES string of the molecule is C[NH+](Cc1ccccc1NCC(=O)Nc1cc([N+](=O)[O-])ccc1Cl)C1CCCCC1. The number of amides is 1. The van der Waals surface area contributed by atoms with Crippen LogP contribution in [0, 0.1) is 10.1 Å². The van der Waals surface area contributed by atoms with Gasteiger partial charge in [0, 0.05) is 23.4 Å². The van der Waals surface area contributed by atoms with Crippen LogP contribution in [0.25, 0.3) is 0 Å². The highest BCUT2D eigenvalue weighted by atomic mass is 35.5. The molecule has 0 heterocycles. The van der Waals surface area contributed by atoms with Gasteiger partial charge in [0.25, 0.3) is 5.69 Å². The van der Waals surface area contributed by atoms with Crippen molar-refractivity contribution in [1.82, 2.24) is 0 Å². The van der Waals surface area contributed by atoms with Crippen LogP contribution in [0.2, 0.25) is 5.02 Å². The highest BCUT2D eigenvalue weighted by Gasteiger charge is 2.22. The zero-order valence-electron chi connectivity index (χ0n) is 17.1. The Balaban J connectivity index is 1.60. The van der Waals surface area contributed by atoms with Gasteiger partial charge in [0.2, 0.25) is 5.91 Å². The number of nitrogens with one attached hydrogen (secondary N) is 3. The van der Waals surface area contributed by atoms with Gasteiger partial charge in [-0.2, -0.15) is 0 Å². The Morgan fingerprint density at radius 2 is 1.90 bits per heavy atom. The third-order valence-electron chi connectivity index (χ3n) is 5.66. The molecule has 1 amide bonds. The standard InChI is InChI=1S/C22H27ClN4O3/c1-26(17-8-3-2-4-9-17)15-16-7-5-6-10-20(16)24-14-22(28)25-21-13-18(27(29)30)11-12-19(21)23/h5-7,10-13,17,24H,2-4,8-9,14-15H2,1H3,(H,25,28)/p+1. The predicted octanol–water partition coefficient (Wildman–Crippen LogP) is 3.65. The van der Waals surface area contributed by atoms with Gasteiger partial charge in [0.1, 0.15) is 6.54 Å². The number of nitro groups is 1. The van der Waals surface area contributed by atoms with Gasteiger partial charge in [0.15, 0.2) is 0 Å². The Bertz CT molecular complexity index is 900. The topological polar surface area (TPSA) is 88.7 Å². The fourth-order valence-corrected chi connectivity index (χ4v) is 4.14. The van der Waals surface area contributed by atoms with Gasteiger partial charge >= 0.3 is 0 Å². The van der Waals surface area contributed by atoms with Crippen LogP contribution in [0.5, 0.6) is 0 Å². The average Bonchev–Trinajstić information content (AvgIpc) is 2.75. The second-order valence-corrected chi connectivity index (χ2v) is 8.25. The molecule has 7 nitrogen and oxygen atoms in total. The third-order valence-corrected chi connectivity index (χ3v) is 5.99. The lowest BCUT2D eigenvalue weighted by molar-refractivity contribution is -0.921. The predicted molar refractivity (Wildman–Crippen MR) is 119 cm³/mol. The van der Waals surface area contributed by atoms with Crippen molar-refractivity contribution < 1.29 is 14.6 Å². The fourth-order valence-electron chi connectivity index (χ4n) is 3.98. The average molecular weight is 432 g/mol. The summed E-state index contributed by atoms with van der Waals surface area (Å²) in [6, 6.07) is 12.7. The van der Waals surface area contributed by atoms with Crippen molar-refractivity contribution in [2.75, 3.05) is 24.2 Å². The van der Waals surface area contributed by atoms with Crippen molar-refractivity contribution in [2.24, 2.45) is 0 Å². The van der Waals surface area contributed by atoms with Crippen LogP contribution in [0.1, 0.15) is 37.7 Å². The second-order valence-electron chi connectivity index (χ2n) is 7.84. The molecule has 1 fully saturated rings. The summed E-state index contributed by atoms with van der Waals surface area (Å²) in [6.45, 7) is 0.935. The first kappa shape index (κ1) is 22.1. The van der Waals surface area contributed by atoms with Crippen LogP contribution >= 0.6 is 11.6 Å². The highest BCUT2D eigenvalue weighted by molar-refractivity contribution is 6.33. The fraction of sp³-hybridized carbons (Fsp3) is 0.409. The number of hydrogen-bond acceptors (Lipinski definition) is 4. The maximum Gasteiger partial charge on any atom is 0.271 e. The van der Waals surface area contributed by atoms with E-state index >= 15 is 0 Å². The van der Waals surface area contributed by atoms with Crippen molar-refractivity contribution in [2.45, 2.75) is 44.7 Å². The van der Waals surface area contributed by atoms with Crippen LogP contribution in [-0.2, 0) is 11.3 Å². The molecule has 1 atom stereocenters. The quantitative estimate of drug-likeness (QED) is 0.439. The summed E-state index contributed by atoms with van der Waals surface area (Å²) in [5.74, 6) is -0.319. The van der Waals surface area contributed by atoms with Gasteiger partial charge in [-0.3, -0.25) is 14.9 Å². The maximum atomic E-state index is 12.4. The Morgan fingerprint density at radius 3 is 2.63 bits per heavy atom. The molecular weight excluding hydrogens is 404 g/mol. The van der Waals surface area contributed by atoms with E-state index in [-0.39, 0.29) is 28.8 Å². The Hall–Kier alpha value is -2.64. The second kappa shape index (κ2) is 10.4. The molecule has 8 heteroatoms. The molecule has 0 bridgehead atoms. The van der Waals surface area contributed by atoms with E-state index < -0.39 is 4.92 Å². The monoisotopic (exact) mass is 431 g/mol. The van der Waals surface area contributed by atoms with E-state index in [0.29, 0.717) is 6.04 Å². The lowest BCUT2D eigenvalue weighted by Crippen LogP contribution is -3.11. The van der Waals surface area contributed by atoms with Gasteiger partial charge in [0.05, 0.1) is 35.3 Å². The van der Waals surface area contributed by atoms with Gasteiger partial charge in [-0.1, -0.05) is 36.2 Å². The molecule has 2 aromatic rings. The van der Waals surface area contributed by atoms with Crippen LogP contribution in [0.3, 0.4) is 0 Å². The van der Waals surface area contributed by atoms with E-state index in [1.54, 1.807) is 0 Å². The zero-order valence-corrected chi connectivity index (χ0v) is 17.9. The number of carbonyl (C=O) groups excluding carboxylic acids is 1. The van der Waals surface area contributed by atoms with Gasteiger partial charge < -0.3 is 15.5 Å². The first-order chi connectivity index (χ1) is 14.4. The highest BCUT2D eigenvalue weighted by Crippen LogP contribution is 2.26. The summed E-state index contributed by atoms with van der Waals surface area (Å²) in [5, 5.41) is 17.0. The number of benzene rings is 2. The number of para-hydroxylation sites is 1. The van der Waals surface area contributed by atoms with E-state index in [1.807, 2.05) is 18.2 Å². The van der Waals surface area contributed by atoms with E-state index in [2.05, 4.69) is 23.7 Å². The van der Waals surface area contributed by atoms with Crippen molar-refractivity contribution in [1.29, 1.82) is 0 Å². The lowest BCUT2D eigenvalue weighted by atomic mass is 9.94. The van der Waals surface area contributed by atoms with Gasteiger partial charge in [-0.05, 0) is 37.8 Å². The molecule has 0 spiro atoms. The first-order valence-electron chi connectivity index (χ1n) is 10.3. The van der Waals surface area contributed by atoms with Crippen molar-refractivity contribution in [3.63, 3.8) is 0 Å². The first-order valence-corrected chi connectivity index (χ1v) is 10.7. The minimum absolute atomic E-state index is 0.0402. The van der Waals surface area contributed by atoms with Gasteiger partial charge in [-0.15, -0.1) is 0 Å². The molecule has 3 rings (SSSR count). The number of hydrogen-bond donors (Lipinski definition) is 3. The molecule has 1 unspecified atom stereocenters. The molecule has 3 N–H and O–H groups in total. The number of nitrogens with zero attached hydrogens (tertiary/aromatic N) is 1. The normalized spacial score (nSPS) is 15.4. The molecule has 30 heavy (non-hydrogen) atoms. The number of carbonyl (C=O) groups is 1. The molecule has 1 aliphatic rings. The number of rotatable bonds is 8. The van der Waals surface area contributed by atoms with E-state index in [4.69, 9.17) is 11.6 Å². The molecule has 0 radical (unpaired) electrons. The van der Waals surface area contributed by atoms with Crippen LogP contribution in [-0.4, -0.2) is 30.5 Å². The molecule has 1 aliphatic carbocycles. The molecule has 2 aromatic carbocycles. The summed E-state index contributed by atoms with van der Waals surface area (Å²) in [4.78, 5) is 24.3. The summed E-state index contributed by atoms with van der Waals surface area (Å²) in [7, 11) is 2.24. The van der Waals surface area contributed by atoms with Crippen molar-refractivity contribution >= 4 is 34.6 Å². The molecule has 1 saturated carbocycles.